The van der Waals surface area contributed by atoms with Crippen LogP contribution in [0.4, 0.5) is 0 Å². The Labute approximate surface area is 85.0 Å². The highest BCUT2D eigenvalue weighted by Gasteiger charge is 2.33. The summed E-state index contributed by atoms with van der Waals surface area (Å²) >= 11 is 0. The van der Waals surface area contributed by atoms with Crippen molar-refractivity contribution in [2.45, 2.75) is 38.3 Å². The van der Waals surface area contributed by atoms with E-state index in [1.165, 1.54) is 0 Å². The summed E-state index contributed by atoms with van der Waals surface area (Å²) in [5.74, 6) is 1.71. The molecule has 0 fully saturated rings. The van der Waals surface area contributed by atoms with Gasteiger partial charge in [-0.1, -0.05) is 5.92 Å². The zero-order valence-corrected chi connectivity index (χ0v) is 8.75. The molecule has 0 aliphatic carbocycles. The van der Waals surface area contributed by atoms with E-state index in [-0.39, 0.29) is 12.6 Å². The number of hydrogen-bond acceptors (Lipinski definition) is 4. The first kappa shape index (κ1) is 12.9. The van der Waals surface area contributed by atoms with Gasteiger partial charge in [0.25, 0.3) is 0 Å². The Kier molecular flexibility index (Phi) is 5.21. The van der Waals surface area contributed by atoms with E-state index in [1.807, 2.05) is 6.92 Å². The fourth-order valence-corrected chi connectivity index (χ4v) is 0.948. The van der Waals surface area contributed by atoms with E-state index in [0.717, 1.165) is 0 Å². The summed E-state index contributed by atoms with van der Waals surface area (Å²) in [5, 5.41) is 0. The number of carbonyl (C=O) groups is 1. The highest BCUT2D eigenvalue weighted by Crippen LogP contribution is 2.12. The fourth-order valence-electron chi connectivity index (χ4n) is 0.948. The second kappa shape index (κ2) is 5.63. The topological polar surface area (TPSA) is 78.3 Å². The largest absolute Gasteiger partial charge is 0.464 e. The highest BCUT2D eigenvalue weighted by molar-refractivity contribution is 5.84. The number of hydrogen-bond donors (Lipinski definition) is 2. The van der Waals surface area contributed by atoms with E-state index in [1.54, 1.807) is 6.92 Å². The van der Waals surface area contributed by atoms with Crippen molar-refractivity contribution in [2.24, 2.45) is 11.5 Å². The van der Waals surface area contributed by atoms with Crippen LogP contribution in [-0.2, 0) is 9.53 Å². The van der Waals surface area contributed by atoms with E-state index in [0.29, 0.717) is 12.8 Å². The summed E-state index contributed by atoms with van der Waals surface area (Å²) in [6, 6.07) is -0.0271. The lowest BCUT2D eigenvalue weighted by Crippen LogP contribution is -2.48. The predicted octanol–water partition coefficient (Wildman–Crippen LogP) is 0.00760. The van der Waals surface area contributed by atoms with Crippen LogP contribution in [0.2, 0.25) is 0 Å². The first-order valence-corrected chi connectivity index (χ1v) is 4.65. The minimum absolute atomic E-state index is 0.0271. The number of ether oxygens (including phenoxy) is 1. The number of esters is 1. The molecule has 0 radical (unpaired) electrons. The monoisotopic (exact) mass is 198 g/mol. The van der Waals surface area contributed by atoms with E-state index in [9.17, 15) is 4.79 Å². The molecule has 4 nitrogen and oxygen atoms in total. The lowest BCUT2D eigenvalue weighted by Gasteiger charge is -2.21. The molecule has 0 aliphatic heterocycles. The molecule has 0 saturated carbocycles. The third-order valence-electron chi connectivity index (χ3n) is 1.89. The normalized spacial score (nSPS) is 16.5. The standard InChI is InChI=1S/C10H18N2O2/c1-4-10(12,7-6-8(3)11)9(13)14-5-2/h1,8H,5-7,11-12H2,2-3H3/t8?,10-/m0/s1. The van der Waals surface area contributed by atoms with Crippen molar-refractivity contribution in [1.82, 2.24) is 0 Å². The number of rotatable bonds is 5. The van der Waals surface area contributed by atoms with Crippen molar-refractivity contribution >= 4 is 5.97 Å². The Balaban J connectivity index is 4.33. The lowest BCUT2D eigenvalue weighted by atomic mass is 9.94. The van der Waals surface area contributed by atoms with E-state index in [4.69, 9.17) is 22.6 Å². The summed E-state index contributed by atoms with van der Waals surface area (Å²) in [7, 11) is 0. The number of carbonyl (C=O) groups excluding carboxylic acids is 1. The van der Waals surface area contributed by atoms with E-state index >= 15 is 0 Å². The molecule has 2 atom stereocenters. The van der Waals surface area contributed by atoms with Gasteiger partial charge < -0.3 is 16.2 Å². The molecular weight excluding hydrogens is 180 g/mol. The van der Waals surface area contributed by atoms with Gasteiger partial charge in [-0.15, -0.1) is 6.42 Å². The van der Waals surface area contributed by atoms with Crippen molar-refractivity contribution in [3.05, 3.63) is 0 Å². The molecule has 80 valence electrons. The van der Waals surface area contributed by atoms with Crippen molar-refractivity contribution in [3.8, 4) is 12.3 Å². The molecule has 4 N–H and O–H groups in total. The van der Waals surface area contributed by atoms with Gasteiger partial charge in [-0.3, -0.25) is 0 Å². The van der Waals surface area contributed by atoms with Gasteiger partial charge in [-0.25, -0.2) is 4.79 Å². The third-order valence-corrected chi connectivity index (χ3v) is 1.89. The Morgan fingerprint density at radius 1 is 1.71 bits per heavy atom. The molecule has 0 spiro atoms. The summed E-state index contributed by atoms with van der Waals surface area (Å²) < 4.78 is 4.78. The molecule has 0 aromatic carbocycles. The van der Waals surface area contributed by atoms with Crippen molar-refractivity contribution in [3.63, 3.8) is 0 Å². The van der Waals surface area contributed by atoms with Crippen LogP contribution in [0.5, 0.6) is 0 Å². The molecule has 0 aromatic rings. The molecule has 14 heavy (non-hydrogen) atoms. The maximum absolute atomic E-state index is 11.4. The van der Waals surface area contributed by atoms with Gasteiger partial charge in [0.1, 0.15) is 0 Å². The molecule has 0 heterocycles. The zero-order valence-electron chi connectivity index (χ0n) is 8.75. The first-order chi connectivity index (χ1) is 6.46. The first-order valence-electron chi connectivity index (χ1n) is 4.65. The Morgan fingerprint density at radius 2 is 2.29 bits per heavy atom. The van der Waals surface area contributed by atoms with Gasteiger partial charge in [0.2, 0.25) is 0 Å². The SMILES string of the molecule is C#C[C@](N)(CCC(C)N)C(=O)OCC. The smallest absolute Gasteiger partial charge is 0.338 e. The minimum atomic E-state index is -1.33. The van der Waals surface area contributed by atoms with Gasteiger partial charge >= 0.3 is 5.97 Å². The van der Waals surface area contributed by atoms with Gasteiger partial charge in [0.15, 0.2) is 5.54 Å². The Bertz CT molecular complexity index is 233. The van der Waals surface area contributed by atoms with Crippen LogP contribution in [0.3, 0.4) is 0 Å². The molecule has 0 bridgehead atoms. The Morgan fingerprint density at radius 3 is 2.64 bits per heavy atom. The van der Waals surface area contributed by atoms with Crippen LogP contribution in [0.1, 0.15) is 26.7 Å². The average Bonchev–Trinajstić information content (AvgIpc) is 2.14. The van der Waals surface area contributed by atoms with Gasteiger partial charge in [-0.2, -0.15) is 0 Å². The second-order valence-corrected chi connectivity index (χ2v) is 3.35. The molecule has 0 amide bonds. The van der Waals surface area contributed by atoms with Crippen molar-refractivity contribution < 1.29 is 9.53 Å². The average molecular weight is 198 g/mol. The molecule has 0 aromatic heterocycles. The van der Waals surface area contributed by atoms with Gasteiger partial charge in [-0.05, 0) is 26.7 Å². The maximum atomic E-state index is 11.4. The van der Waals surface area contributed by atoms with Crippen molar-refractivity contribution in [1.29, 1.82) is 0 Å². The molecule has 4 heteroatoms. The quantitative estimate of drug-likeness (QED) is 0.482. The number of nitrogens with two attached hydrogens (primary N) is 2. The maximum Gasteiger partial charge on any atom is 0.338 e. The molecule has 1 unspecified atom stereocenters. The minimum Gasteiger partial charge on any atom is -0.464 e. The zero-order chi connectivity index (χ0) is 11.2. The van der Waals surface area contributed by atoms with Crippen LogP contribution < -0.4 is 11.5 Å². The van der Waals surface area contributed by atoms with Gasteiger partial charge in [0, 0.05) is 6.04 Å². The van der Waals surface area contributed by atoms with Gasteiger partial charge in [0.05, 0.1) is 6.61 Å². The summed E-state index contributed by atoms with van der Waals surface area (Å²) in [6.45, 7) is 3.82. The molecule has 0 rings (SSSR count). The fraction of sp³-hybridized carbons (Fsp3) is 0.700. The Hall–Kier alpha value is -1.05. The van der Waals surface area contributed by atoms with Crippen LogP contribution in [-0.4, -0.2) is 24.2 Å². The lowest BCUT2D eigenvalue weighted by molar-refractivity contribution is -0.147. The van der Waals surface area contributed by atoms with Crippen LogP contribution in [0, 0.1) is 12.3 Å². The predicted molar refractivity (Wildman–Crippen MR) is 55.3 cm³/mol. The summed E-state index contributed by atoms with van der Waals surface area (Å²) in [6.07, 6.45) is 6.15. The van der Waals surface area contributed by atoms with Crippen LogP contribution in [0.25, 0.3) is 0 Å². The second-order valence-electron chi connectivity index (χ2n) is 3.35. The molecule has 0 saturated heterocycles. The summed E-state index contributed by atoms with van der Waals surface area (Å²) in [5.41, 5.74) is 9.93. The van der Waals surface area contributed by atoms with E-state index in [2.05, 4.69) is 5.92 Å². The third kappa shape index (κ3) is 3.77. The van der Waals surface area contributed by atoms with Crippen LogP contribution in [0.15, 0.2) is 0 Å². The van der Waals surface area contributed by atoms with Crippen LogP contribution >= 0.6 is 0 Å². The van der Waals surface area contributed by atoms with Crippen molar-refractivity contribution in [2.75, 3.05) is 6.61 Å². The molecular formula is C10H18N2O2. The highest BCUT2D eigenvalue weighted by atomic mass is 16.5. The number of terminal acetylenes is 1. The summed E-state index contributed by atoms with van der Waals surface area (Å²) in [4.78, 5) is 11.4. The van der Waals surface area contributed by atoms with E-state index < -0.39 is 11.5 Å². The molecule has 0 aliphatic rings.